The molecule has 0 fully saturated rings. The molecule has 11 heteroatoms. The van der Waals surface area contributed by atoms with E-state index in [2.05, 4.69) is 15.0 Å². The van der Waals surface area contributed by atoms with E-state index in [4.69, 9.17) is 10.5 Å². The number of hydrogen-bond acceptors (Lipinski definition) is 7. The van der Waals surface area contributed by atoms with Gasteiger partial charge in [-0.3, -0.25) is 14.9 Å². The molecule has 4 rings (SSSR count). The largest absolute Gasteiger partial charge is 0.494 e. The van der Waals surface area contributed by atoms with Gasteiger partial charge in [0.15, 0.2) is 17.2 Å². The van der Waals surface area contributed by atoms with E-state index in [0.717, 1.165) is 0 Å². The van der Waals surface area contributed by atoms with Crippen molar-refractivity contribution in [3.63, 3.8) is 0 Å². The predicted octanol–water partition coefficient (Wildman–Crippen LogP) is 2.18. The fourth-order valence-electron chi connectivity index (χ4n) is 3.12. The molecule has 0 unspecified atom stereocenters. The molecule has 0 aliphatic carbocycles. The minimum Gasteiger partial charge on any atom is -0.494 e. The summed E-state index contributed by atoms with van der Waals surface area (Å²) in [6, 6.07) is 12.3. The number of fused-ring (bicyclic) bond motifs is 1. The van der Waals surface area contributed by atoms with Crippen LogP contribution < -0.4 is 16.2 Å². The second-order valence-corrected chi connectivity index (χ2v) is 6.46. The molecule has 0 aliphatic heterocycles. The van der Waals surface area contributed by atoms with Crippen LogP contribution >= 0.6 is 0 Å². The number of non-ortho nitro benzene ring substituents is 1. The Morgan fingerprint density at radius 3 is 2.42 bits per heavy atom. The zero-order valence-electron chi connectivity index (χ0n) is 16.2. The number of primary amides is 1. The number of carbonyl (C=O) groups is 1. The molecule has 2 heterocycles. The maximum Gasteiger partial charge on any atom is 0.332 e. The Bertz CT molecular complexity index is 1360. The smallest absolute Gasteiger partial charge is 0.332 e. The monoisotopic (exact) mass is 420 g/mol. The topological polar surface area (TPSA) is 159 Å². The summed E-state index contributed by atoms with van der Waals surface area (Å²) in [7, 11) is 0. The van der Waals surface area contributed by atoms with Crippen molar-refractivity contribution in [3.05, 3.63) is 74.8 Å². The van der Waals surface area contributed by atoms with E-state index in [1.807, 2.05) is 6.92 Å². The standard InChI is InChI=1S/C20H16N6O5/c1-2-31-14-9-3-11(4-10-14)18-22-15(17(21)27)16-19(24-18)25(20(28)23-16)12-5-7-13(8-6-12)26(29)30/h3-10H,2H2,1H3,(H2,21,27)(H,23,28). The van der Waals surface area contributed by atoms with Crippen molar-refractivity contribution in [1.29, 1.82) is 0 Å². The Labute approximate surface area is 174 Å². The van der Waals surface area contributed by atoms with Crippen LogP contribution in [0, 0.1) is 10.1 Å². The molecule has 156 valence electrons. The third-order valence-corrected chi connectivity index (χ3v) is 4.51. The van der Waals surface area contributed by atoms with Crippen molar-refractivity contribution in [1.82, 2.24) is 19.5 Å². The highest BCUT2D eigenvalue weighted by molar-refractivity contribution is 6.02. The Morgan fingerprint density at radius 1 is 1.16 bits per heavy atom. The fraction of sp³-hybridized carbons (Fsp3) is 0.100. The van der Waals surface area contributed by atoms with Crippen molar-refractivity contribution in [2.24, 2.45) is 5.73 Å². The van der Waals surface area contributed by atoms with Crippen molar-refractivity contribution in [2.75, 3.05) is 6.61 Å². The zero-order valence-corrected chi connectivity index (χ0v) is 16.2. The molecule has 2 aromatic carbocycles. The molecule has 4 aromatic rings. The number of nitro groups is 1. The molecule has 0 radical (unpaired) electrons. The molecular formula is C20H16N6O5. The maximum atomic E-state index is 12.6. The number of imidazole rings is 1. The van der Waals surface area contributed by atoms with Crippen LogP contribution in [0.1, 0.15) is 17.4 Å². The SMILES string of the molecule is CCOc1ccc(-c2nc(C(N)=O)c3[nH]c(=O)n(-c4ccc([N+](=O)[O-])cc4)c3n2)cc1. The average molecular weight is 420 g/mol. The van der Waals surface area contributed by atoms with Gasteiger partial charge in [-0.15, -0.1) is 0 Å². The molecule has 0 saturated carbocycles. The molecule has 11 nitrogen and oxygen atoms in total. The van der Waals surface area contributed by atoms with E-state index >= 15 is 0 Å². The average Bonchev–Trinajstić information content (AvgIpc) is 3.09. The van der Waals surface area contributed by atoms with Crippen LogP contribution in [0.5, 0.6) is 5.75 Å². The van der Waals surface area contributed by atoms with Gasteiger partial charge in [0, 0.05) is 17.7 Å². The molecule has 0 atom stereocenters. The number of nitrogens with zero attached hydrogens (tertiary/aromatic N) is 4. The first-order valence-corrected chi connectivity index (χ1v) is 9.19. The van der Waals surface area contributed by atoms with E-state index < -0.39 is 16.5 Å². The quantitative estimate of drug-likeness (QED) is 0.357. The molecule has 0 spiro atoms. The number of ether oxygens (including phenoxy) is 1. The van der Waals surface area contributed by atoms with Gasteiger partial charge in [-0.2, -0.15) is 0 Å². The molecule has 0 bridgehead atoms. The van der Waals surface area contributed by atoms with E-state index in [0.29, 0.717) is 23.6 Å². The second kappa shape index (κ2) is 7.71. The minimum absolute atomic E-state index is 0.0746. The number of rotatable bonds is 6. The number of benzene rings is 2. The highest BCUT2D eigenvalue weighted by Crippen LogP contribution is 2.24. The summed E-state index contributed by atoms with van der Waals surface area (Å²) < 4.78 is 6.62. The highest BCUT2D eigenvalue weighted by Gasteiger charge is 2.20. The summed E-state index contributed by atoms with van der Waals surface area (Å²) in [6.07, 6.45) is 0. The molecule has 3 N–H and O–H groups in total. The lowest BCUT2D eigenvalue weighted by Gasteiger charge is -2.07. The number of nitrogens with two attached hydrogens (primary N) is 1. The van der Waals surface area contributed by atoms with Gasteiger partial charge in [-0.1, -0.05) is 0 Å². The summed E-state index contributed by atoms with van der Waals surface area (Å²) in [4.78, 5) is 46.3. The van der Waals surface area contributed by atoms with Gasteiger partial charge in [0.2, 0.25) is 0 Å². The van der Waals surface area contributed by atoms with Gasteiger partial charge in [0.1, 0.15) is 11.3 Å². The van der Waals surface area contributed by atoms with Gasteiger partial charge >= 0.3 is 5.69 Å². The zero-order chi connectivity index (χ0) is 22.1. The van der Waals surface area contributed by atoms with Crippen LogP contribution in [0.2, 0.25) is 0 Å². The summed E-state index contributed by atoms with van der Waals surface area (Å²) in [6.45, 7) is 2.38. The third kappa shape index (κ3) is 3.59. The van der Waals surface area contributed by atoms with Gasteiger partial charge in [0.25, 0.3) is 11.6 Å². The van der Waals surface area contributed by atoms with Crippen molar-refractivity contribution in [3.8, 4) is 22.8 Å². The van der Waals surface area contributed by atoms with E-state index in [9.17, 15) is 19.7 Å². The number of nitrogens with one attached hydrogen (secondary N) is 1. The Kier molecular flexibility index (Phi) is 4.91. The van der Waals surface area contributed by atoms with Crippen LogP contribution in [-0.2, 0) is 0 Å². The maximum absolute atomic E-state index is 12.6. The number of aromatic amines is 1. The third-order valence-electron chi connectivity index (χ3n) is 4.51. The molecule has 0 saturated heterocycles. The minimum atomic E-state index is -0.836. The predicted molar refractivity (Wildman–Crippen MR) is 111 cm³/mol. The number of H-pyrrole nitrogens is 1. The first kappa shape index (κ1) is 19.8. The van der Waals surface area contributed by atoms with Crippen molar-refractivity contribution < 1.29 is 14.5 Å². The van der Waals surface area contributed by atoms with Crippen LogP contribution in [0.25, 0.3) is 28.2 Å². The number of aromatic nitrogens is 4. The van der Waals surface area contributed by atoms with Gasteiger partial charge in [0.05, 0.1) is 17.2 Å². The molecule has 0 aliphatic rings. The van der Waals surface area contributed by atoms with Gasteiger partial charge < -0.3 is 15.5 Å². The lowest BCUT2D eigenvalue weighted by molar-refractivity contribution is -0.384. The summed E-state index contributed by atoms with van der Waals surface area (Å²) in [5, 5.41) is 10.9. The Balaban J connectivity index is 1.92. The number of carbonyl (C=O) groups excluding carboxylic acids is 1. The molecule has 1 amide bonds. The van der Waals surface area contributed by atoms with Crippen molar-refractivity contribution >= 4 is 22.8 Å². The van der Waals surface area contributed by atoms with Crippen LogP contribution in [0.4, 0.5) is 5.69 Å². The first-order valence-electron chi connectivity index (χ1n) is 9.19. The lowest BCUT2D eigenvalue weighted by atomic mass is 10.2. The van der Waals surface area contributed by atoms with Crippen molar-refractivity contribution in [2.45, 2.75) is 6.92 Å². The number of hydrogen-bond donors (Lipinski definition) is 2. The van der Waals surface area contributed by atoms with Gasteiger partial charge in [-0.05, 0) is 43.3 Å². The van der Waals surface area contributed by atoms with Gasteiger partial charge in [-0.25, -0.2) is 19.3 Å². The molecule has 31 heavy (non-hydrogen) atoms. The Morgan fingerprint density at radius 2 is 1.84 bits per heavy atom. The van der Waals surface area contributed by atoms with Crippen LogP contribution in [-0.4, -0.2) is 37.0 Å². The normalized spacial score (nSPS) is 10.9. The summed E-state index contributed by atoms with van der Waals surface area (Å²) >= 11 is 0. The highest BCUT2D eigenvalue weighted by atomic mass is 16.6. The van der Waals surface area contributed by atoms with Crippen LogP contribution in [0.15, 0.2) is 53.3 Å². The van der Waals surface area contributed by atoms with E-state index in [-0.39, 0.29) is 28.4 Å². The first-order chi connectivity index (χ1) is 14.9. The summed E-state index contributed by atoms with van der Waals surface area (Å²) in [5.74, 6) is 0.00239. The van der Waals surface area contributed by atoms with Crippen LogP contribution in [0.3, 0.4) is 0 Å². The van der Waals surface area contributed by atoms with E-state index in [1.54, 1.807) is 24.3 Å². The number of amides is 1. The number of nitro benzene ring substituents is 1. The fourth-order valence-corrected chi connectivity index (χ4v) is 3.12. The van der Waals surface area contributed by atoms with E-state index in [1.165, 1.54) is 28.8 Å². The lowest BCUT2D eigenvalue weighted by Crippen LogP contribution is -2.15. The molecule has 2 aromatic heterocycles. The summed E-state index contributed by atoms with van der Waals surface area (Å²) in [5.41, 5.74) is 5.72. The molecular weight excluding hydrogens is 404 g/mol. The Hall–Kier alpha value is -4.54. The second-order valence-electron chi connectivity index (χ2n) is 6.46.